The van der Waals surface area contributed by atoms with Crippen LogP contribution in [0.4, 0.5) is 0 Å². The van der Waals surface area contributed by atoms with Crippen molar-refractivity contribution in [1.29, 1.82) is 0 Å². The third kappa shape index (κ3) is 5.71. The highest BCUT2D eigenvalue weighted by Crippen LogP contribution is 2.24. The van der Waals surface area contributed by atoms with Gasteiger partial charge >= 0.3 is 0 Å². The van der Waals surface area contributed by atoms with E-state index in [9.17, 15) is 4.79 Å². The van der Waals surface area contributed by atoms with Gasteiger partial charge in [-0.25, -0.2) is 0 Å². The van der Waals surface area contributed by atoms with Gasteiger partial charge in [0, 0.05) is 38.3 Å². The van der Waals surface area contributed by atoms with Crippen LogP contribution >= 0.6 is 0 Å². The number of nitrogens with one attached hydrogen (secondary N) is 1. The Kier molecular flexibility index (Phi) is 8.39. The summed E-state index contributed by atoms with van der Waals surface area (Å²) in [6.45, 7) is 10.4. The zero-order valence-corrected chi connectivity index (χ0v) is 16.7. The summed E-state index contributed by atoms with van der Waals surface area (Å²) in [5.74, 6) is 1.46. The molecule has 1 aromatic carbocycles. The van der Waals surface area contributed by atoms with Gasteiger partial charge in [-0.2, -0.15) is 0 Å². The van der Waals surface area contributed by atoms with Gasteiger partial charge in [0.05, 0.1) is 6.61 Å². The maximum atomic E-state index is 13.1. The number of methoxy groups -OCH3 is 1. The van der Waals surface area contributed by atoms with E-state index in [0.29, 0.717) is 24.7 Å². The van der Waals surface area contributed by atoms with Crippen LogP contribution in [-0.2, 0) is 11.2 Å². The van der Waals surface area contributed by atoms with E-state index >= 15 is 0 Å². The molecule has 0 aliphatic carbocycles. The van der Waals surface area contributed by atoms with Crippen LogP contribution in [0.3, 0.4) is 0 Å². The highest BCUT2D eigenvalue weighted by molar-refractivity contribution is 5.95. The topological polar surface area (TPSA) is 50.8 Å². The Balaban J connectivity index is 2.11. The van der Waals surface area contributed by atoms with Crippen molar-refractivity contribution in [1.82, 2.24) is 10.2 Å². The van der Waals surface area contributed by atoms with Gasteiger partial charge < -0.3 is 19.7 Å². The number of carbonyl (C=O) groups is 1. The van der Waals surface area contributed by atoms with Crippen LogP contribution in [0.5, 0.6) is 5.75 Å². The fourth-order valence-corrected chi connectivity index (χ4v) is 3.34. The smallest absolute Gasteiger partial charge is 0.254 e. The lowest BCUT2D eigenvalue weighted by Gasteiger charge is -2.29. The van der Waals surface area contributed by atoms with Crippen molar-refractivity contribution in [3.05, 3.63) is 29.3 Å². The first-order chi connectivity index (χ1) is 12.6. The predicted molar refractivity (Wildman–Crippen MR) is 105 cm³/mol. The minimum absolute atomic E-state index is 0.0938. The summed E-state index contributed by atoms with van der Waals surface area (Å²) in [5, 5.41) is 3.38. The van der Waals surface area contributed by atoms with Crippen LogP contribution in [0.2, 0.25) is 0 Å². The molecule has 0 radical (unpaired) electrons. The van der Waals surface area contributed by atoms with E-state index in [0.717, 1.165) is 50.2 Å². The number of nitrogens with zero attached hydrogens (tertiary/aromatic N) is 1. The molecule has 1 heterocycles. The molecule has 0 aromatic heterocycles. The number of carbonyl (C=O) groups excluding carboxylic acids is 1. The summed E-state index contributed by atoms with van der Waals surface area (Å²) in [6, 6.07) is 6.05. The molecular weight excluding hydrogens is 328 g/mol. The van der Waals surface area contributed by atoms with Crippen molar-refractivity contribution in [2.45, 2.75) is 46.1 Å². The zero-order chi connectivity index (χ0) is 18.9. The standard InChI is InChI=1S/C21H34N2O3/c1-5-18-7-8-19(13-20(18)26-12-6-11-25-4)21(24)23(16(2)3)15-17-9-10-22-14-17/h7-8,13,16-17,22H,5-6,9-12,14-15H2,1-4H3. The Morgan fingerprint density at radius 1 is 1.35 bits per heavy atom. The SMILES string of the molecule is CCc1ccc(C(=O)N(CC2CCNC2)C(C)C)cc1OCCCOC. The lowest BCUT2D eigenvalue weighted by atomic mass is 10.0. The molecule has 1 amide bonds. The second-order valence-electron chi connectivity index (χ2n) is 7.28. The molecule has 0 saturated carbocycles. The van der Waals surface area contributed by atoms with Crippen LogP contribution in [0, 0.1) is 5.92 Å². The second-order valence-corrected chi connectivity index (χ2v) is 7.28. The molecule has 1 saturated heterocycles. The van der Waals surface area contributed by atoms with Gasteiger partial charge in [0.1, 0.15) is 5.75 Å². The van der Waals surface area contributed by atoms with Crippen molar-refractivity contribution in [2.24, 2.45) is 5.92 Å². The van der Waals surface area contributed by atoms with Crippen LogP contribution < -0.4 is 10.1 Å². The van der Waals surface area contributed by atoms with Crippen LogP contribution in [-0.4, -0.2) is 56.8 Å². The van der Waals surface area contributed by atoms with Crippen LogP contribution in [0.25, 0.3) is 0 Å². The molecule has 2 rings (SSSR count). The molecule has 0 bridgehead atoms. The van der Waals surface area contributed by atoms with Crippen LogP contribution in [0.1, 0.15) is 49.5 Å². The van der Waals surface area contributed by atoms with E-state index in [-0.39, 0.29) is 11.9 Å². The number of aryl methyl sites for hydroxylation is 1. The molecular formula is C21H34N2O3. The Hall–Kier alpha value is -1.59. The molecule has 0 spiro atoms. The molecule has 1 fully saturated rings. The first kappa shape index (κ1) is 20.7. The number of ether oxygens (including phenoxy) is 2. The Labute approximate surface area is 158 Å². The number of hydrogen-bond acceptors (Lipinski definition) is 4. The maximum absolute atomic E-state index is 13.1. The largest absolute Gasteiger partial charge is 0.493 e. The average molecular weight is 363 g/mol. The van der Waals surface area contributed by atoms with Gasteiger partial charge in [-0.05, 0) is 63.4 Å². The van der Waals surface area contributed by atoms with Crippen molar-refractivity contribution in [2.75, 3.05) is 40.0 Å². The van der Waals surface area contributed by atoms with Gasteiger partial charge in [0.15, 0.2) is 0 Å². The summed E-state index contributed by atoms with van der Waals surface area (Å²) < 4.78 is 11.0. The summed E-state index contributed by atoms with van der Waals surface area (Å²) in [7, 11) is 1.69. The van der Waals surface area contributed by atoms with E-state index in [1.54, 1.807) is 7.11 Å². The third-order valence-corrected chi connectivity index (χ3v) is 4.95. The number of rotatable bonds is 10. The second kappa shape index (κ2) is 10.5. The molecule has 146 valence electrons. The molecule has 5 heteroatoms. The van der Waals surface area contributed by atoms with E-state index in [1.807, 2.05) is 23.1 Å². The van der Waals surface area contributed by atoms with E-state index in [2.05, 4.69) is 26.1 Å². The molecule has 1 aliphatic rings. The molecule has 26 heavy (non-hydrogen) atoms. The fourth-order valence-electron chi connectivity index (χ4n) is 3.34. The van der Waals surface area contributed by atoms with Gasteiger partial charge in [0.2, 0.25) is 0 Å². The Morgan fingerprint density at radius 3 is 2.77 bits per heavy atom. The van der Waals surface area contributed by atoms with Crippen molar-refractivity contribution in [3.63, 3.8) is 0 Å². The van der Waals surface area contributed by atoms with Gasteiger partial charge in [-0.3, -0.25) is 4.79 Å². The lowest BCUT2D eigenvalue weighted by Crippen LogP contribution is -2.41. The third-order valence-electron chi connectivity index (χ3n) is 4.95. The molecule has 1 atom stereocenters. The summed E-state index contributed by atoms with van der Waals surface area (Å²) in [4.78, 5) is 15.1. The lowest BCUT2D eigenvalue weighted by molar-refractivity contribution is 0.0676. The molecule has 5 nitrogen and oxygen atoms in total. The Morgan fingerprint density at radius 2 is 2.15 bits per heavy atom. The monoisotopic (exact) mass is 362 g/mol. The quantitative estimate of drug-likeness (QED) is 0.650. The van der Waals surface area contributed by atoms with Crippen molar-refractivity contribution in [3.8, 4) is 5.75 Å². The number of amides is 1. The maximum Gasteiger partial charge on any atom is 0.254 e. The summed E-state index contributed by atoms with van der Waals surface area (Å²) >= 11 is 0. The van der Waals surface area contributed by atoms with Gasteiger partial charge in [0.25, 0.3) is 5.91 Å². The Bertz CT molecular complexity index is 568. The van der Waals surface area contributed by atoms with E-state index in [4.69, 9.17) is 9.47 Å². The average Bonchev–Trinajstić information content (AvgIpc) is 3.15. The minimum atomic E-state index is 0.0938. The zero-order valence-electron chi connectivity index (χ0n) is 16.7. The first-order valence-corrected chi connectivity index (χ1v) is 9.83. The highest BCUT2D eigenvalue weighted by atomic mass is 16.5. The molecule has 1 N–H and O–H groups in total. The predicted octanol–water partition coefficient (Wildman–Crippen LogP) is 3.12. The molecule has 1 aliphatic heterocycles. The normalized spacial score (nSPS) is 16.9. The molecule has 1 aromatic rings. The van der Waals surface area contributed by atoms with E-state index in [1.165, 1.54) is 0 Å². The molecule has 1 unspecified atom stereocenters. The first-order valence-electron chi connectivity index (χ1n) is 9.83. The van der Waals surface area contributed by atoms with Crippen molar-refractivity contribution < 1.29 is 14.3 Å². The highest BCUT2D eigenvalue weighted by Gasteiger charge is 2.25. The van der Waals surface area contributed by atoms with Crippen LogP contribution in [0.15, 0.2) is 18.2 Å². The van der Waals surface area contributed by atoms with Crippen molar-refractivity contribution >= 4 is 5.91 Å². The minimum Gasteiger partial charge on any atom is -0.493 e. The fraction of sp³-hybridized carbons (Fsp3) is 0.667. The van der Waals surface area contributed by atoms with E-state index < -0.39 is 0 Å². The summed E-state index contributed by atoms with van der Waals surface area (Å²) in [5.41, 5.74) is 1.85. The van der Waals surface area contributed by atoms with Gasteiger partial charge in [-0.15, -0.1) is 0 Å². The number of benzene rings is 1. The summed E-state index contributed by atoms with van der Waals surface area (Å²) in [6.07, 6.45) is 2.86. The van der Waals surface area contributed by atoms with Gasteiger partial charge in [-0.1, -0.05) is 13.0 Å². The number of hydrogen-bond donors (Lipinski definition) is 1.